The summed E-state index contributed by atoms with van der Waals surface area (Å²) < 4.78 is 7.96. The third kappa shape index (κ3) is 1.88. The van der Waals surface area contributed by atoms with E-state index in [2.05, 4.69) is 46.2 Å². The van der Waals surface area contributed by atoms with Gasteiger partial charge in [0.15, 0.2) is 0 Å². The van der Waals surface area contributed by atoms with Gasteiger partial charge in [0, 0.05) is 5.41 Å². The van der Waals surface area contributed by atoms with Crippen LogP contribution in [0.25, 0.3) is 0 Å². The lowest BCUT2D eigenvalue weighted by atomic mass is 9.89. The predicted molar refractivity (Wildman–Crippen MR) is 64.5 cm³/mol. The third-order valence-corrected chi connectivity index (χ3v) is 3.16. The van der Waals surface area contributed by atoms with E-state index >= 15 is 0 Å². The second kappa shape index (κ2) is 3.33. The Bertz CT molecular complexity index is 410. The fourth-order valence-electron chi connectivity index (χ4n) is 2.28. The van der Waals surface area contributed by atoms with E-state index in [1.54, 1.807) is 0 Å². The minimum Gasteiger partial charge on any atom is -0.367 e. The minimum atomic E-state index is -0.0966. The summed E-state index contributed by atoms with van der Waals surface area (Å²) in [6.07, 6.45) is 0. The van der Waals surface area contributed by atoms with Crippen molar-refractivity contribution in [1.29, 1.82) is 0 Å². The van der Waals surface area contributed by atoms with Gasteiger partial charge >= 0.3 is 0 Å². The fraction of sp³-hybridized carbons (Fsp3) is 0.769. The first-order valence-corrected chi connectivity index (χ1v) is 5.91. The molecule has 3 heteroatoms. The van der Waals surface area contributed by atoms with Crippen LogP contribution in [0.1, 0.15) is 51.6 Å². The van der Waals surface area contributed by atoms with Crippen LogP contribution < -0.4 is 0 Å². The van der Waals surface area contributed by atoms with Gasteiger partial charge in [0.1, 0.15) is 0 Å². The average molecular weight is 222 g/mol. The van der Waals surface area contributed by atoms with Gasteiger partial charge in [-0.2, -0.15) is 5.10 Å². The highest BCUT2D eigenvalue weighted by Crippen LogP contribution is 2.31. The first-order valence-electron chi connectivity index (χ1n) is 5.91. The number of ether oxygens (including phenoxy) is 1. The van der Waals surface area contributed by atoms with Gasteiger partial charge in [0.25, 0.3) is 0 Å². The Kier molecular flexibility index (Phi) is 2.42. The second-order valence-electron chi connectivity index (χ2n) is 6.38. The lowest BCUT2D eigenvalue weighted by Crippen LogP contribution is -2.36. The first-order chi connectivity index (χ1) is 7.21. The highest BCUT2D eigenvalue weighted by molar-refractivity contribution is 5.30. The maximum absolute atomic E-state index is 5.84. The van der Waals surface area contributed by atoms with Crippen molar-refractivity contribution in [3.8, 4) is 0 Å². The van der Waals surface area contributed by atoms with Gasteiger partial charge in [-0.1, -0.05) is 20.8 Å². The van der Waals surface area contributed by atoms with E-state index in [9.17, 15) is 0 Å². The van der Waals surface area contributed by atoms with Crippen molar-refractivity contribution in [2.45, 2.75) is 65.7 Å². The van der Waals surface area contributed by atoms with E-state index in [0.29, 0.717) is 6.61 Å². The number of hydrogen-bond acceptors (Lipinski definition) is 2. The molecule has 1 aromatic heterocycles. The maximum atomic E-state index is 5.84. The Balaban J connectivity index is 2.46. The molecule has 3 nitrogen and oxygen atoms in total. The van der Waals surface area contributed by atoms with Crippen LogP contribution in [0.2, 0.25) is 0 Å². The number of aromatic nitrogens is 2. The molecule has 2 heterocycles. The van der Waals surface area contributed by atoms with Crippen LogP contribution in [-0.2, 0) is 23.3 Å². The number of rotatable bonds is 0. The summed E-state index contributed by atoms with van der Waals surface area (Å²) in [5.74, 6) is 0. The van der Waals surface area contributed by atoms with E-state index < -0.39 is 0 Å². The lowest BCUT2D eigenvalue weighted by Gasteiger charge is -2.31. The van der Waals surface area contributed by atoms with Gasteiger partial charge in [0.2, 0.25) is 0 Å². The zero-order valence-corrected chi connectivity index (χ0v) is 11.2. The second-order valence-corrected chi connectivity index (χ2v) is 6.38. The molecule has 0 unspecified atom stereocenters. The minimum absolute atomic E-state index is 0.0966. The summed E-state index contributed by atoms with van der Waals surface area (Å²) >= 11 is 0. The topological polar surface area (TPSA) is 27.1 Å². The fourth-order valence-corrected chi connectivity index (χ4v) is 2.28. The summed E-state index contributed by atoms with van der Waals surface area (Å²) in [7, 11) is 0. The third-order valence-electron chi connectivity index (χ3n) is 3.16. The van der Waals surface area contributed by atoms with E-state index in [4.69, 9.17) is 9.84 Å². The molecular formula is C13H22N2O. The number of fused-ring (bicyclic) bond motifs is 1. The van der Waals surface area contributed by atoms with Crippen LogP contribution in [-0.4, -0.2) is 15.4 Å². The van der Waals surface area contributed by atoms with Crippen molar-refractivity contribution in [1.82, 2.24) is 9.78 Å². The Labute approximate surface area is 97.8 Å². The normalized spacial score (nSPS) is 19.6. The molecule has 1 aliphatic heterocycles. The van der Waals surface area contributed by atoms with Gasteiger partial charge in [-0.15, -0.1) is 0 Å². The summed E-state index contributed by atoms with van der Waals surface area (Å²) in [4.78, 5) is 0. The van der Waals surface area contributed by atoms with Gasteiger partial charge < -0.3 is 4.74 Å². The molecule has 90 valence electrons. The molecule has 0 saturated heterocycles. The van der Waals surface area contributed by atoms with Gasteiger partial charge in [-0.3, -0.25) is 4.68 Å². The molecule has 16 heavy (non-hydrogen) atoms. The predicted octanol–water partition coefficient (Wildman–Crippen LogP) is 2.80. The molecule has 0 saturated carbocycles. The summed E-state index contributed by atoms with van der Waals surface area (Å²) in [5.41, 5.74) is 3.75. The molecule has 0 amide bonds. The molecule has 2 rings (SSSR count). The highest BCUT2D eigenvalue weighted by Gasteiger charge is 2.31. The lowest BCUT2D eigenvalue weighted by molar-refractivity contribution is -0.0663. The Morgan fingerprint density at radius 2 is 1.94 bits per heavy atom. The number of hydrogen-bond donors (Lipinski definition) is 0. The van der Waals surface area contributed by atoms with Gasteiger partial charge in [-0.05, 0) is 26.3 Å². The quantitative estimate of drug-likeness (QED) is 0.675. The molecule has 0 N–H and O–H groups in total. The maximum Gasteiger partial charge on any atom is 0.0895 e. The van der Waals surface area contributed by atoms with Crippen LogP contribution in [0.3, 0.4) is 0 Å². The van der Waals surface area contributed by atoms with Crippen molar-refractivity contribution >= 4 is 0 Å². The van der Waals surface area contributed by atoms with Crippen molar-refractivity contribution in [2.24, 2.45) is 0 Å². The Morgan fingerprint density at radius 1 is 1.31 bits per heavy atom. The summed E-state index contributed by atoms with van der Waals surface area (Å²) in [6.45, 7) is 14.5. The zero-order valence-electron chi connectivity index (χ0n) is 11.2. The Hall–Kier alpha value is -0.830. The highest BCUT2D eigenvalue weighted by atomic mass is 16.5. The standard InChI is InChI=1S/C13H22N2O/c1-9-10-7-16-13(5,6)8-15(10)14-11(9)12(2,3)4/h7-8H2,1-6H3. The SMILES string of the molecule is Cc1c(C(C)(C)C)nn2c1COC(C)(C)C2. The van der Waals surface area contributed by atoms with Crippen molar-refractivity contribution in [3.63, 3.8) is 0 Å². The van der Waals surface area contributed by atoms with Gasteiger partial charge in [0.05, 0.1) is 30.1 Å². The van der Waals surface area contributed by atoms with Crippen LogP contribution in [0.5, 0.6) is 0 Å². The molecule has 0 radical (unpaired) electrons. The molecule has 0 aromatic carbocycles. The van der Waals surface area contributed by atoms with Crippen LogP contribution >= 0.6 is 0 Å². The Morgan fingerprint density at radius 3 is 2.50 bits per heavy atom. The van der Waals surface area contributed by atoms with E-state index in [-0.39, 0.29) is 11.0 Å². The zero-order chi connectivity index (χ0) is 12.1. The molecular weight excluding hydrogens is 200 g/mol. The molecule has 0 bridgehead atoms. The molecule has 0 atom stereocenters. The van der Waals surface area contributed by atoms with Crippen molar-refractivity contribution in [2.75, 3.05) is 0 Å². The molecule has 0 aliphatic carbocycles. The van der Waals surface area contributed by atoms with Crippen LogP contribution in [0.4, 0.5) is 0 Å². The monoisotopic (exact) mass is 222 g/mol. The first kappa shape index (κ1) is 11.6. The largest absolute Gasteiger partial charge is 0.367 e. The molecule has 1 aromatic rings. The summed E-state index contributed by atoms with van der Waals surface area (Å²) in [5, 5.41) is 4.75. The summed E-state index contributed by atoms with van der Waals surface area (Å²) in [6, 6.07) is 0. The van der Waals surface area contributed by atoms with Crippen LogP contribution in [0.15, 0.2) is 0 Å². The van der Waals surface area contributed by atoms with E-state index in [1.807, 2.05) is 0 Å². The van der Waals surface area contributed by atoms with Crippen molar-refractivity contribution in [3.05, 3.63) is 17.0 Å². The molecule has 0 spiro atoms. The molecule has 0 fully saturated rings. The van der Waals surface area contributed by atoms with E-state index in [0.717, 1.165) is 6.54 Å². The van der Waals surface area contributed by atoms with Crippen molar-refractivity contribution < 1.29 is 4.74 Å². The number of nitrogens with zero attached hydrogens (tertiary/aromatic N) is 2. The van der Waals surface area contributed by atoms with E-state index in [1.165, 1.54) is 17.0 Å². The smallest absolute Gasteiger partial charge is 0.0895 e. The van der Waals surface area contributed by atoms with Gasteiger partial charge in [-0.25, -0.2) is 0 Å². The molecule has 1 aliphatic rings. The average Bonchev–Trinajstić information content (AvgIpc) is 2.40. The van der Waals surface area contributed by atoms with Crippen LogP contribution in [0, 0.1) is 6.92 Å².